The smallest absolute Gasteiger partial charge is 0.161 e. The van der Waals surface area contributed by atoms with Gasteiger partial charge in [-0.25, -0.2) is 0 Å². The number of aliphatic hydroxyl groups is 3. The van der Waals surface area contributed by atoms with Gasteiger partial charge in [-0.05, 0) is 31.0 Å². The maximum Gasteiger partial charge on any atom is 0.161 e. The van der Waals surface area contributed by atoms with Crippen LogP contribution in [0.5, 0.6) is 11.5 Å². The predicted octanol–water partition coefficient (Wildman–Crippen LogP) is -0.213. The molecule has 0 aromatic heterocycles. The molecule has 1 fully saturated rings. The highest BCUT2D eigenvalue weighted by Gasteiger charge is 2.38. The Kier molecular flexibility index (Phi) is 4.54. The van der Waals surface area contributed by atoms with Crippen LogP contribution in [-0.2, 0) is 6.42 Å². The molecule has 1 aromatic rings. The molecule has 0 bridgehead atoms. The van der Waals surface area contributed by atoms with Gasteiger partial charge in [-0.2, -0.15) is 0 Å². The molecule has 0 amide bonds. The lowest BCUT2D eigenvalue weighted by Crippen LogP contribution is -2.60. The van der Waals surface area contributed by atoms with Gasteiger partial charge in [0.2, 0.25) is 0 Å². The molecule has 0 saturated carbocycles. The summed E-state index contributed by atoms with van der Waals surface area (Å²) in [6, 6.07) is 5.71. The van der Waals surface area contributed by atoms with E-state index >= 15 is 0 Å². The molecule has 2 aliphatic rings. The first-order valence-electron chi connectivity index (χ1n) is 7.73. The summed E-state index contributed by atoms with van der Waals surface area (Å²) < 4.78 is 11.1. The topological polar surface area (TPSA) is 82.4 Å². The number of aliphatic hydroxyl groups excluding tert-OH is 3. The second-order valence-corrected chi connectivity index (χ2v) is 6.01. The first-order valence-corrected chi connectivity index (χ1v) is 7.73. The van der Waals surface area contributed by atoms with Crippen LogP contribution in [-0.4, -0.2) is 70.9 Å². The number of β-amino-alcohol motifs (C(OH)–C–C–N with tert-alkyl or cyclic N) is 1. The normalized spacial score (nSPS) is 32.0. The molecule has 2 heterocycles. The maximum absolute atomic E-state index is 9.95. The SMILES string of the molecule is C[C@@H]1[C@@H](O)[C@H](O)[C@@H](O)CN1CCc1ccc2c(c1)OCCO2. The van der Waals surface area contributed by atoms with Crippen molar-refractivity contribution in [2.24, 2.45) is 0 Å². The molecule has 0 unspecified atom stereocenters. The second kappa shape index (κ2) is 6.42. The van der Waals surface area contributed by atoms with E-state index in [2.05, 4.69) is 0 Å². The van der Waals surface area contributed by atoms with E-state index < -0.39 is 18.3 Å². The zero-order chi connectivity index (χ0) is 15.7. The summed E-state index contributed by atoms with van der Waals surface area (Å²) in [5, 5.41) is 29.5. The Hall–Kier alpha value is -1.34. The number of hydrogen-bond acceptors (Lipinski definition) is 6. The van der Waals surface area contributed by atoms with Gasteiger partial charge >= 0.3 is 0 Å². The Morgan fingerprint density at radius 1 is 1.09 bits per heavy atom. The quantitative estimate of drug-likeness (QED) is 0.716. The van der Waals surface area contributed by atoms with Crippen molar-refractivity contribution in [3.05, 3.63) is 23.8 Å². The van der Waals surface area contributed by atoms with Crippen molar-refractivity contribution in [3.8, 4) is 11.5 Å². The Labute approximate surface area is 129 Å². The molecule has 2 aliphatic heterocycles. The number of hydrogen-bond donors (Lipinski definition) is 3. The van der Waals surface area contributed by atoms with Crippen molar-refractivity contribution >= 4 is 0 Å². The van der Waals surface area contributed by atoms with Crippen molar-refractivity contribution in [2.75, 3.05) is 26.3 Å². The van der Waals surface area contributed by atoms with Gasteiger partial charge in [0.05, 0.1) is 12.2 Å². The number of fused-ring (bicyclic) bond motifs is 1. The van der Waals surface area contributed by atoms with E-state index in [9.17, 15) is 15.3 Å². The summed E-state index contributed by atoms with van der Waals surface area (Å²) in [5.74, 6) is 1.54. The largest absolute Gasteiger partial charge is 0.486 e. The molecule has 3 N–H and O–H groups in total. The fourth-order valence-corrected chi connectivity index (χ4v) is 3.05. The minimum atomic E-state index is -1.07. The highest BCUT2D eigenvalue weighted by molar-refractivity contribution is 5.43. The lowest BCUT2D eigenvalue weighted by Gasteiger charge is -2.42. The molecule has 122 valence electrons. The predicted molar refractivity (Wildman–Crippen MR) is 80.2 cm³/mol. The van der Waals surface area contributed by atoms with Gasteiger partial charge in [-0.1, -0.05) is 6.07 Å². The number of benzene rings is 1. The minimum absolute atomic E-state index is 0.185. The highest BCUT2D eigenvalue weighted by Crippen LogP contribution is 2.31. The lowest BCUT2D eigenvalue weighted by atomic mass is 9.94. The fourth-order valence-electron chi connectivity index (χ4n) is 3.05. The zero-order valence-corrected chi connectivity index (χ0v) is 12.7. The summed E-state index contributed by atoms with van der Waals surface area (Å²) in [6.07, 6.45) is -2.13. The Morgan fingerprint density at radius 3 is 2.59 bits per heavy atom. The standard InChI is InChI=1S/C16H23NO5/c1-10-15(19)16(20)12(18)9-17(10)5-4-11-2-3-13-14(8-11)22-7-6-21-13/h2-3,8,10,12,15-16,18-20H,4-7,9H2,1H3/t10-,12+,15-,16-/m1/s1. The van der Waals surface area contributed by atoms with E-state index in [0.29, 0.717) is 26.3 Å². The van der Waals surface area contributed by atoms with E-state index in [4.69, 9.17) is 9.47 Å². The summed E-state index contributed by atoms with van der Waals surface area (Å²) in [7, 11) is 0. The number of nitrogens with zero attached hydrogens (tertiary/aromatic N) is 1. The van der Waals surface area contributed by atoms with Crippen LogP contribution < -0.4 is 9.47 Å². The fraction of sp³-hybridized carbons (Fsp3) is 0.625. The Balaban J connectivity index is 1.62. The van der Waals surface area contributed by atoms with Crippen LogP contribution in [0.4, 0.5) is 0 Å². The van der Waals surface area contributed by atoms with Crippen LogP contribution in [0.1, 0.15) is 12.5 Å². The van der Waals surface area contributed by atoms with E-state index in [1.807, 2.05) is 30.0 Å². The third-order valence-corrected chi connectivity index (χ3v) is 4.53. The average molecular weight is 309 g/mol. The first-order chi connectivity index (χ1) is 10.6. The molecule has 0 spiro atoms. The lowest BCUT2D eigenvalue weighted by molar-refractivity contribution is -0.132. The molecule has 0 aliphatic carbocycles. The average Bonchev–Trinajstić information content (AvgIpc) is 2.55. The van der Waals surface area contributed by atoms with Gasteiger partial charge in [-0.3, -0.25) is 4.90 Å². The molecule has 22 heavy (non-hydrogen) atoms. The van der Waals surface area contributed by atoms with Crippen LogP contribution in [0.25, 0.3) is 0 Å². The molecule has 1 saturated heterocycles. The molecule has 6 nitrogen and oxygen atoms in total. The molecule has 4 atom stereocenters. The number of likely N-dealkylation sites (tertiary alicyclic amines) is 1. The van der Waals surface area contributed by atoms with Gasteiger partial charge in [0.15, 0.2) is 11.5 Å². The third kappa shape index (κ3) is 3.05. The van der Waals surface area contributed by atoms with Crippen molar-refractivity contribution in [1.82, 2.24) is 4.90 Å². The van der Waals surface area contributed by atoms with Gasteiger partial charge < -0.3 is 24.8 Å². The van der Waals surface area contributed by atoms with Crippen LogP contribution in [0.2, 0.25) is 0 Å². The van der Waals surface area contributed by atoms with E-state index in [0.717, 1.165) is 23.5 Å². The van der Waals surface area contributed by atoms with Gasteiger partial charge in [0.25, 0.3) is 0 Å². The number of ether oxygens (including phenoxy) is 2. The summed E-state index contributed by atoms with van der Waals surface area (Å²) in [4.78, 5) is 2.00. The summed E-state index contributed by atoms with van der Waals surface area (Å²) >= 11 is 0. The van der Waals surface area contributed by atoms with Gasteiger partial charge in [0.1, 0.15) is 19.3 Å². The Bertz CT molecular complexity index is 523. The van der Waals surface area contributed by atoms with E-state index in [-0.39, 0.29) is 6.04 Å². The zero-order valence-electron chi connectivity index (χ0n) is 12.7. The van der Waals surface area contributed by atoms with Gasteiger partial charge in [-0.15, -0.1) is 0 Å². The van der Waals surface area contributed by atoms with Crippen LogP contribution in [0.15, 0.2) is 18.2 Å². The van der Waals surface area contributed by atoms with E-state index in [1.165, 1.54) is 0 Å². The molecule has 0 radical (unpaired) electrons. The number of piperidine rings is 1. The Morgan fingerprint density at radius 2 is 1.82 bits per heavy atom. The second-order valence-electron chi connectivity index (χ2n) is 6.01. The maximum atomic E-state index is 9.95. The molecule has 6 heteroatoms. The molecular weight excluding hydrogens is 286 g/mol. The molecule has 3 rings (SSSR count). The van der Waals surface area contributed by atoms with Crippen LogP contribution in [0.3, 0.4) is 0 Å². The van der Waals surface area contributed by atoms with Gasteiger partial charge in [0, 0.05) is 19.1 Å². The first kappa shape index (κ1) is 15.6. The molecular formula is C16H23NO5. The van der Waals surface area contributed by atoms with Crippen molar-refractivity contribution < 1.29 is 24.8 Å². The van der Waals surface area contributed by atoms with E-state index in [1.54, 1.807) is 0 Å². The van der Waals surface area contributed by atoms with Crippen molar-refractivity contribution in [3.63, 3.8) is 0 Å². The summed E-state index contributed by atoms with van der Waals surface area (Å²) in [6.45, 7) is 4.07. The van der Waals surface area contributed by atoms with Crippen LogP contribution in [0, 0.1) is 0 Å². The highest BCUT2D eigenvalue weighted by atomic mass is 16.6. The monoisotopic (exact) mass is 309 g/mol. The third-order valence-electron chi connectivity index (χ3n) is 4.53. The van der Waals surface area contributed by atoms with Crippen molar-refractivity contribution in [1.29, 1.82) is 0 Å². The van der Waals surface area contributed by atoms with Crippen LogP contribution >= 0.6 is 0 Å². The minimum Gasteiger partial charge on any atom is -0.486 e. The summed E-state index contributed by atoms with van der Waals surface area (Å²) in [5.41, 5.74) is 1.12. The molecule has 1 aromatic carbocycles. The number of rotatable bonds is 3. The van der Waals surface area contributed by atoms with Crippen molar-refractivity contribution in [2.45, 2.75) is 37.7 Å².